The van der Waals surface area contributed by atoms with Crippen molar-refractivity contribution < 1.29 is 14.3 Å². The Balaban J connectivity index is 1.87. The van der Waals surface area contributed by atoms with Gasteiger partial charge in [0.25, 0.3) is 11.5 Å². The zero-order chi connectivity index (χ0) is 22.9. The molecule has 1 saturated heterocycles. The molecule has 172 valence electrons. The number of nitrogens with zero attached hydrogens (tertiary/aromatic N) is 3. The predicted octanol–water partition coefficient (Wildman–Crippen LogP) is 3.16. The van der Waals surface area contributed by atoms with Crippen LogP contribution < -0.4 is 10.9 Å². The molecule has 0 spiro atoms. The van der Waals surface area contributed by atoms with Crippen molar-refractivity contribution in [2.24, 2.45) is 0 Å². The maximum atomic E-state index is 13.2. The van der Waals surface area contributed by atoms with E-state index < -0.39 is 0 Å². The number of hydrogen-bond donors (Lipinski definition) is 1. The summed E-state index contributed by atoms with van der Waals surface area (Å²) in [6.07, 6.45) is 4.73. The van der Waals surface area contributed by atoms with Gasteiger partial charge in [-0.15, -0.1) is 0 Å². The Morgan fingerprint density at radius 2 is 1.91 bits per heavy atom. The molecule has 0 unspecified atom stereocenters. The summed E-state index contributed by atoms with van der Waals surface area (Å²) in [6, 6.07) is 5.37. The smallest absolute Gasteiger partial charge is 0.267 e. The number of carbonyl (C=O) groups excluding carboxylic acids is 1. The molecule has 0 atom stereocenters. The summed E-state index contributed by atoms with van der Waals surface area (Å²) in [5.74, 6) is 0.246. The lowest BCUT2D eigenvalue weighted by molar-refractivity contribution is -0.122. The molecule has 10 heteroatoms. The lowest BCUT2D eigenvalue weighted by Gasteiger charge is -2.14. The van der Waals surface area contributed by atoms with Crippen LogP contribution in [0.3, 0.4) is 0 Å². The molecule has 32 heavy (non-hydrogen) atoms. The number of hydrogen-bond acceptors (Lipinski definition) is 8. The fourth-order valence-corrected chi connectivity index (χ4v) is 4.48. The van der Waals surface area contributed by atoms with E-state index in [0.29, 0.717) is 72.2 Å². The molecule has 8 nitrogen and oxygen atoms in total. The number of fused-ring (bicyclic) bond motifs is 1. The third kappa shape index (κ3) is 5.94. The molecule has 0 aliphatic carbocycles. The fraction of sp³-hybridized carbons (Fsp3) is 0.455. The van der Waals surface area contributed by atoms with E-state index in [2.05, 4.69) is 10.3 Å². The van der Waals surface area contributed by atoms with E-state index in [9.17, 15) is 9.59 Å². The monoisotopic (exact) mass is 476 g/mol. The van der Waals surface area contributed by atoms with Crippen molar-refractivity contribution in [3.05, 3.63) is 45.2 Å². The van der Waals surface area contributed by atoms with Crippen LogP contribution in [0.25, 0.3) is 11.7 Å². The molecule has 1 fully saturated rings. The van der Waals surface area contributed by atoms with E-state index in [0.717, 1.165) is 6.42 Å². The summed E-state index contributed by atoms with van der Waals surface area (Å²) in [7, 11) is 0. The second-order valence-electron chi connectivity index (χ2n) is 6.97. The Morgan fingerprint density at radius 1 is 1.16 bits per heavy atom. The highest BCUT2D eigenvalue weighted by atomic mass is 32.2. The Kier molecular flexibility index (Phi) is 9.22. The number of amides is 1. The van der Waals surface area contributed by atoms with Gasteiger partial charge in [-0.2, -0.15) is 0 Å². The lowest BCUT2D eigenvalue weighted by Crippen LogP contribution is -2.29. The van der Waals surface area contributed by atoms with Crippen molar-refractivity contribution in [2.75, 3.05) is 44.8 Å². The molecule has 1 amide bonds. The van der Waals surface area contributed by atoms with Crippen LogP contribution in [0.2, 0.25) is 0 Å². The molecule has 0 bridgehead atoms. The van der Waals surface area contributed by atoms with Crippen LogP contribution in [0.5, 0.6) is 0 Å². The second-order valence-corrected chi connectivity index (χ2v) is 8.64. The number of rotatable bonds is 12. The van der Waals surface area contributed by atoms with Crippen LogP contribution in [-0.4, -0.2) is 64.0 Å². The summed E-state index contributed by atoms with van der Waals surface area (Å²) in [5.41, 5.74) is 0.620. The predicted molar refractivity (Wildman–Crippen MR) is 132 cm³/mol. The van der Waals surface area contributed by atoms with Gasteiger partial charge in [0, 0.05) is 45.7 Å². The number of thiocarbonyl (C=S) groups is 1. The van der Waals surface area contributed by atoms with Gasteiger partial charge in [0.15, 0.2) is 0 Å². The van der Waals surface area contributed by atoms with Crippen LogP contribution in [0.4, 0.5) is 5.82 Å². The summed E-state index contributed by atoms with van der Waals surface area (Å²) in [6.45, 7) is 7.44. The van der Waals surface area contributed by atoms with Gasteiger partial charge in [0.1, 0.15) is 15.8 Å². The van der Waals surface area contributed by atoms with Gasteiger partial charge >= 0.3 is 0 Å². The summed E-state index contributed by atoms with van der Waals surface area (Å²) in [5, 5.41) is 3.23. The zero-order valence-electron chi connectivity index (χ0n) is 18.3. The molecule has 2 aromatic heterocycles. The van der Waals surface area contributed by atoms with Gasteiger partial charge in [-0.05, 0) is 44.9 Å². The Morgan fingerprint density at radius 3 is 2.66 bits per heavy atom. The Hall–Kier alpha value is -2.27. The Bertz CT molecular complexity index is 1050. The minimum absolute atomic E-state index is 0.198. The molecule has 0 saturated carbocycles. The lowest BCUT2D eigenvalue weighted by atomic mass is 10.2. The van der Waals surface area contributed by atoms with Crippen molar-refractivity contribution in [3.63, 3.8) is 0 Å². The van der Waals surface area contributed by atoms with Gasteiger partial charge in [0.2, 0.25) is 0 Å². The van der Waals surface area contributed by atoms with Gasteiger partial charge in [0.05, 0.1) is 10.5 Å². The van der Waals surface area contributed by atoms with E-state index >= 15 is 0 Å². The van der Waals surface area contributed by atoms with Gasteiger partial charge in [-0.3, -0.25) is 18.9 Å². The zero-order valence-corrected chi connectivity index (χ0v) is 20.0. The summed E-state index contributed by atoms with van der Waals surface area (Å²) < 4.78 is 12.7. The number of carbonyl (C=O) groups is 1. The average Bonchev–Trinajstić information content (AvgIpc) is 3.06. The molecular weight excluding hydrogens is 448 g/mol. The molecule has 3 heterocycles. The van der Waals surface area contributed by atoms with Crippen LogP contribution >= 0.6 is 24.0 Å². The maximum absolute atomic E-state index is 13.2. The second kappa shape index (κ2) is 12.1. The largest absolute Gasteiger partial charge is 0.382 e. The summed E-state index contributed by atoms with van der Waals surface area (Å²) >= 11 is 6.60. The maximum Gasteiger partial charge on any atom is 0.267 e. The van der Waals surface area contributed by atoms with Crippen LogP contribution in [0, 0.1) is 0 Å². The average molecular weight is 477 g/mol. The number of pyridine rings is 1. The van der Waals surface area contributed by atoms with Crippen molar-refractivity contribution in [1.29, 1.82) is 0 Å². The van der Waals surface area contributed by atoms with Gasteiger partial charge in [-0.1, -0.05) is 30.0 Å². The molecular formula is C22H28N4O4S2. The third-order valence-corrected chi connectivity index (χ3v) is 6.13. The highest BCUT2D eigenvalue weighted by molar-refractivity contribution is 8.26. The minimum atomic E-state index is -0.246. The number of ether oxygens (including phenoxy) is 2. The first-order valence-corrected chi connectivity index (χ1v) is 11.9. The van der Waals surface area contributed by atoms with Crippen LogP contribution in [0.1, 0.15) is 32.3 Å². The van der Waals surface area contributed by atoms with Crippen molar-refractivity contribution in [1.82, 2.24) is 14.3 Å². The number of thioether (sulfide) groups is 1. The van der Waals surface area contributed by atoms with E-state index in [-0.39, 0.29) is 11.5 Å². The SMILES string of the molecule is CCOCCCNc1nc2ccccn2c(=O)c1/C=C1/SC(=S)N(CCCOCC)C1=O. The van der Waals surface area contributed by atoms with E-state index in [1.807, 2.05) is 19.9 Å². The summed E-state index contributed by atoms with van der Waals surface area (Å²) in [4.78, 5) is 32.7. The molecule has 2 aromatic rings. The number of anilines is 1. The Labute approximate surface area is 197 Å². The van der Waals surface area contributed by atoms with Crippen LogP contribution in [0.15, 0.2) is 34.1 Å². The quantitative estimate of drug-likeness (QED) is 0.284. The van der Waals surface area contributed by atoms with Gasteiger partial charge in [-0.25, -0.2) is 4.98 Å². The van der Waals surface area contributed by atoms with Crippen molar-refractivity contribution in [2.45, 2.75) is 26.7 Å². The molecule has 1 aliphatic heterocycles. The standard InChI is InChI=1S/C22H28N4O4S2/c1-3-29-13-7-10-23-19-16(20(27)25-11-6-5-9-18(25)24-19)15-17-21(28)26(22(31)32-17)12-8-14-30-4-2/h5-6,9,11,15,23H,3-4,7-8,10,12-14H2,1-2H3/b17-15+. The molecule has 0 aromatic carbocycles. The third-order valence-electron chi connectivity index (χ3n) is 4.75. The minimum Gasteiger partial charge on any atom is -0.382 e. The van der Waals surface area contributed by atoms with E-state index in [1.54, 1.807) is 29.3 Å². The molecule has 0 radical (unpaired) electrons. The normalized spacial score (nSPS) is 15.3. The number of aromatic nitrogens is 2. The van der Waals surface area contributed by atoms with Crippen LogP contribution in [-0.2, 0) is 14.3 Å². The van der Waals surface area contributed by atoms with E-state index in [4.69, 9.17) is 21.7 Å². The van der Waals surface area contributed by atoms with E-state index in [1.165, 1.54) is 16.2 Å². The molecule has 3 rings (SSSR count). The topological polar surface area (TPSA) is 85.2 Å². The number of nitrogens with one attached hydrogen (secondary N) is 1. The molecule has 1 N–H and O–H groups in total. The van der Waals surface area contributed by atoms with Crippen molar-refractivity contribution >= 4 is 51.7 Å². The first-order chi connectivity index (χ1) is 15.6. The highest BCUT2D eigenvalue weighted by Crippen LogP contribution is 2.33. The first kappa shape index (κ1) is 24.4. The molecule has 1 aliphatic rings. The van der Waals surface area contributed by atoms with Gasteiger partial charge < -0.3 is 14.8 Å². The fourth-order valence-electron chi connectivity index (χ4n) is 3.19. The first-order valence-electron chi connectivity index (χ1n) is 10.7. The van der Waals surface area contributed by atoms with Crippen molar-refractivity contribution in [3.8, 4) is 0 Å². The highest BCUT2D eigenvalue weighted by Gasteiger charge is 2.32.